The third kappa shape index (κ3) is 3.02. The van der Waals surface area contributed by atoms with Crippen LogP contribution >= 0.6 is 15.9 Å². The summed E-state index contributed by atoms with van der Waals surface area (Å²) in [6.45, 7) is 0.163. The standard InChI is InChI=1S/C11H11BrFN3O2S/c1-16(7-8-5-14-15-6-8)19(17,18)9-2-3-10(12)11(13)4-9/h2-6H,7H2,1H3,(H,14,15). The number of nitrogens with one attached hydrogen (secondary N) is 1. The highest BCUT2D eigenvalue weighted by molar-refractivity contribution is 9.10. The Balaban J connectivity index is 2.28. The summed E-state index contributed by atoms with van der Waals surface area (Å²) in [4.78, 5) is -0.0841. The average molecular weight is 348 g/mol. The largest absolute Gasteiger partial charge is 0.285 e. The van der Waals surface area contributed by atoms with E-state index in [1.54, 1.807) is 6.20 Å². The summed E-state index contributed by atoms with van der Waals surface area (Å²) in [6.07, 6.45) is 3.14. The number of benzene rings is 1. The number of nitrogens with zero attached hydrogens (tertiary/aromatic N) is 2. The molecule has 2 rings (SSSR count). The predicted octanol–water partition coefficient (Wildman–Crippen LogP) is 2.13. The van der Waals surface area contributed by atoms with Crippen LogP contribution in [-0.2, 0) is 16.6 Å². The van der Waals surface area contributed by atoms with Crippen LogP contribution in [0.1, 0.15) is 5.56 Å². The van der Waals surface area contributed by atoms with Crippen LogP contribution in [0.2, 0.25) is 0 Å². The van der Waals surface area contributed by atoms with Crippen molar-refractivity contribution in [1.29, 1.82) is 0 Å². The number of halogens is 2. The fourth-order valence-corrected chi connectivity index (χ4v) is 2.94. The summed E-state index contributed by atoms with van der Waals surface area (Å²) in [6, 6.07) is 3.72. The third-order valence-electron chi connectivity index (χ3n) is 2.56. The van der Waals surface area contributed by atoms with E-state index in [0.29, 0.717) is 0 Å². The predicted molar refractivity (Wildman–Crippen MR) is 71.3 cm³/mol. The first-order valence-corrected chi connectivity index (χ1v) is 7.53. The van der Waals surface area contributed by atoms with Crippen molar-refractivity contribution in [3.05, 3.63) is 46.4 Å². The van der Waals surface area contributed by atoms with Gasteiger partial charge in [0.25, 0.3) is 0 Å². The summed E-state index contributed by atoms with van der Waals surface area (Å²) in [5.74, 6) is -0.613. The fourth-order valence-electron chi connectivity index (χ4n) is 1.52. The zero-order valence-electron chi connectivity index (χ0n) is 9.97. The van der Waals surface area contributed by atoms with Gasteiger partial charge in [0.1, 0.15) is 5.82 Å². The summed E-state index contributed by atoms with van der Waals surface area (Å²) in [5.41, 5.74) is 0.726. The summed E-state index contributed by atoms with van der Waals surface area (Å²) >= 11 is 2.99. The van der Waals surface area contributed by atoms with Gasteiger partial charge in [0.05, 0.1) is 15.6 Å². The molecule has 2 aromatic rings. The van der Waals surface area contributed by atoms with Crippen LogP contribution in [0, 0.1) is 5.82 Å². The van der Waals surface area contributed by atoms with Crippen molar-refractivity contribution < 1.29 is 12.8 Å². The second-order valence-corrected chi connectivity index (χ2v) is 6.84. The molecule has 1 aromatic carbocycles. The second-order valence-electron chi connectivity index (χ2n) is 3.94. The van der Waals surface area contributed by atoms with Gasteiger partial charge in [-0.3, -0.25) is 5.10 Å². The molecule has 102 valence electrons. The van der Waals surface area contributed by atoms with Crippen LogP contribution in [0.15, 0.2) is 40.0 Å². The molecule has 0 fully saturated rings. The van der Waals surface area contributed by atoms with E-state index in [4.69, 9.17) is 0 Å². The number of aromatic nitrogens is 2. The van der Waals surface area contributed by atoms with E-state index in [1.165, 1.54) is 25.4 Å². The molecule has 1 heterocycles. The van der Waals surface area contributed by atoms with Gasteiger partial charge < -0.3 is 0 Å². The first kappa shape index (κ1) is 14.2. The minimum atomic E-state index is -3.72. The first-order valence-electron chi connectivity index (χ1n) is 5.30. The molecule has 0 amide bonds. The Labute approximate surface area is 118 Å². The van der Waals surface area contributed by atoms with E-state index in [2.05, 4.69) is 26.1 Å². The van der Waals surface area contributed by atoms with E-state index in [-0.39, 0.29) is 15.9 Å². The summed E-state index contributed by atoms with van der Waals surface area (Å²) in [7, 11) is -2.29. The molecule has 0 spiro atoms. The van der Waals surface area contributed by atoms with Crippen LogP contribution in [0.5, 0.6) is 0 Å². The van der Waals surface area contributed by atoms with Gasteiger partial charge in [-0.1, -0.05) is 0 Å². The van der Waals surface area contributed by atoms with Crippen molar-refractivity contribution in [3.63, 3.8) is 0 Å². The van der Waals surface area contributed by atoms with Gasteiger partial charge in [-0.25, -0.2) is 12.8 Å². The summed E-state index contributed by atoms with van der Waals surface area (Å²) in [5, 5.41) is 6.35. The molecule has 1 N–H and O–H groups in total. The Morgan fingerprint density at radius 3 is 2.79 bits per heavy atom. The number of aromatic amines is 1. The van der Waals surface area contributed by atoms with Crippen LogP contribution in [0.3, 0.4) is 0 Å². The van der Waals surface area contributed by atoms with Gasteiger partial charge in [-0.2, -0.15) is 9.40 Å². The van der Waals surface area contributed by atoms with Crippen LogP contribution in [-0.4, -0.2) is 30.0 Å². The highest BCUT2D eigenvalue weighted by Crippen LogP contribution is 2.22. The minimum absolute atomic E-state index is 0.0841. The smallest absolute Gasteiger partial charge is 0.243 e. The van der Waals surface area contributed by atoms with Crippen molar-refractivity contribution >= 4 is 26.0 Å². The normalized spacial score (nSPS) is 12.0. The molecule has 0 unspecified atom stereocenters. The van der Waals surface area contributed by atoms with Crippen molar-refractivity contribution in [2.45, 2.75) is 11.4 Å². The quantitative estimate of drug-likeness (QED) is 0.921. The Hall–Kier alpha value is -1.25. The Morgan fingerprint density at radius 1 is 1.47 bits per heavy atom. The highest BCUT2D eigenvalue weighted by Gasteiger charge is 2.22. The second kappa shape index (κ2) is 5.40. The van der Waals surface area contributed by atoms with Crippen molar-refractivity contribution in [2.24, 2.45) is 0 Å². The minimum Gasteiger partial charge on any atom is -0.285 e. The van der Waals surface area contributed by atoms with Crippen molar-refractivity contribution in [3.8, 4) is 0 Å². The molecule has 1 aromatic heterocycles. The zero-order valence-corrected chi connectivity index (χ0v) is 12.4. The van der Waals surface area contributed by atoms with E-state index in [1.807, 2.05) is 0 Å². The van der Waals surface area contributed by atoms with E-state index >= 15 is 0 Å². The molecule has 0 bridgehead atoms. The van der Waals surface area contributed by atoms with E-state index in [0.717, 1.165) is 15.9 Å². The van der Waals surface area contributed by atoms with Crippen molar-refractivity contribution in [1.82, 2.24) is 14.5 Å². The number of hydrogen-bond donors (Lipinski definition) is 1. The molecule has 5 nitrogen and oxygen atoms in total. The van der Waals surface area contributed by atoms with E-state index in [9.17, 15) is 12.8 Å². The maximum absolute atomic E-state index is 13.4. The van der Waals surface area contributed by atoms with Gasteiger partial charge in [0.2, 0.25) is 10.0 Å². The maximum Gasteiger partial charge on any atom is 0.243 e. The van der Waals surface area contributed by atoms with E-state index < -0.39 is 15.8 Å². The lowest BCUT2D eigenvalue weighted by Gasteiger charge is -2.16. The molecule has 0 saturated carbocycles. The number of hydrogen-bond acceptors (Lipinski definition) is 3. The number of H-pyrrole nitrogens is 1. The number of sulfonamides is 1. The molecule has 0 aliphatic heterocycles. The van der Waals surface area contributed by atoms with Crippen LogP contribution in [0.4, 0.5) is 4.39 Å². The number of rotatable bonds is 4. The van der Waals surface area contributed by atoms with Gasteiger partial charge in [0, 0.05) is 25.4 Å². The third-order valence-corrected chi connectivity index (χ3v) is 5.00. The molecular formula is C11H11BrFN3O2S. The molecule has 0 radical (unpaired) electrons. The molecule has 19 heavy (non-hydrogen) atoms. The summed E-state index contributed by atoms with van der Waals surface area (Å²) < 4.78 is 39.2. The molecule has 0 aliphatic rings. The molecule has 8 heteroatoms. The lowest BCUT2D eigenvalue weighted by Crippen LogP contribution is -2.26. The first-order chi connectivity index (χ1) is 8.91. The Morgan fingerprint density at radius 2 is 2.21 bits per heavy atom. The van der Waals surface area contributed by atoms with Gasteiger partial charge in [0.15, 0.2) is 0 Å². The monoisotopic (exact) mass is 347 g/mol. The van der Waals surface area contributed by atoms with Gasteiger partial charge >= 0.3 is 0 Å². The lowest BCUT2D eigenvalue weighted by molar-refractivity contribution is 0.466. The van der Waals surface area contributed by atoms with Crippen LogP contribution < -0.4 is 0 Å². The molecule has 0 aliphatic carbocycles. The maximum atomic E-state index is 13.4. The van der Waals surface area contributed by atoms with Gasteiger partial charge in [-0.15, -0.1) is 0 Å². The van der Waals surface area contributed by atoms with Crippen LogP contribution in [0.25, 0.3) is 0 Å². The lowest BCUT2D eigenvalue weighted by atomic mass is 10.3. The Kier molecular flexibility index (Phi) is 4.02. The topological polar surface area (TPSA) is 66.1 Å². The van der Waals surface area contributed by atoms with Crippen molar-refractivity contribution in [2.75, 3.05) is 7.05 Å². The van der Waals surface area contributed by atoms with Gasteiger partial charge in [-0.05, 0) is 34.1 Å². The zero-order chi connectivity index (χ0) is 14.0. The highest BCUT2D eigenvalue weighted by atomic mass is 79.9. The molecule has 0 atom stereocenters. The molecule has 0 saturated heterocycles. The fraction of sp³-hybridized carbons (Fsp3) is 0.182. The molecular weight excluding hydrogens is 337 g/mol. The SMILES string of the molecule is CN(Cc1cn[nH]c1)S(=O)(=O)c1ccc(Br)c(F)c1. The average Bonchev–Trinajstić information content (AvgIpc) is 2.85. The Bertz CT molecular complexity index is 673.